The second-order valence-corrected chi connectivity index (χ2v) is 6.23. The summed E-state index contributed by atoms with van der Waals surface area (Å²) in [5.41, 5.74) is 0.160. The number of halogens is 1. The van der Waals surface area contributed by atoms with Gasteiger partial charge in [-0.15, -0.1) is 11.3 Å². The molecule has 0 fully saturated rings. The van der Waals surface area contributed by atoms with Gasteiger partial charge in [-0.2, -0.15) is 0 Å². The van der Waals surface area contributed by atoms with Gasteiger partial charge in [-0.25, -0.2) is 9.78 Å². The zero-order chi connectivity index (χ0) is 15.3. The maximum Gasteiger partial charge on any atom is 0.352 e. The Bertz CT molecular complexity index is 1040. The molecule has 0 amide bonds. The number of rotatable bonds is 2. The number of hydrogen-bond donors (Lipinski definition) is 1. The average molecular weight is 329 g/mol. The number of nitrogens with zero attached hydrogens (tertiary/aromatic N) is 2. The Kier molecular flexibility index (Phi) is 2.92. The van der Waals surface area contributed by atoms with Crippen molar-refractivity contribution in [2.75, 3.05) is 0 Å². The molecule has 4 aromatic rings. The summed E-state index contributed by atoms with van der Waals surface area (Å²) < 4.78 is 2.72. The summed E-state index contributed by atoms with van der Waals surface area (Å²) in [5.74, 6) is -0.572. The Hall–Kier alpha value is -2.37. The highest BCUT2D eigenvalue weighted by Crippen LogP contribution is 2.38. The van der Waals surface area contributed by atoms with E-state index in [9.17, 15) is 9.90 Å². The molecule has 0 saturated heterocycles. The monoisotopic (exact) mass is 328 g/mol. The highest BCUT2D eigenvalue weighted by atomic mass is 35.5. The van der Waals surface area contributed by atoms with E-state index in [1.54, 1.807) is 29.0 Å². The third-order valence-electron chi connectivity index (χ3n) is 3.51. The molecule has 3 heterocycles. The zero-order valence-electron chi connectivity index (χ0n) is 11.2. The number of carbonyl (C=O) groups is 1. The van der Waals surface area contributed by atoms with Gasteiger partial charge >= 0.3 is 5.97 Å². The first kappa shape index (κ1) is 13.3. The van der Waals surface area contributed by atoms with Crippen LogP contribution in [0.3, 0.4) is 0 Å². The van der Waals surface area contributed by atoms with Gasteiger partial charge in [0.2, 0.25) is 0 Å². The van der Waals surface area contributed by atoms with Gasteiger partial charge in [0.05, 0.1) is 5.02 Å². The Morgan fingerprint density at radius 1 is 1.18 bits per heavy atom. The number of carboxylic acid groups (broad SMARTS) is 1. The van der Waals surface area contributed by atoms with Gasteiger partial charge in [0.15, 0.2) is 5.82 Å². The number of fused-ring (bicyclic) bond motifs is 3. The van der Waals surface area contributed by atoms with Crippen LogP contribution in [0, 0.1) is 0 Å². The van der Waals surface area contributed by atoms with E-state index in [0.29, 0.717) is 10.8 Å². The van der Waals surface area contributed by atoms with Gasteiger partial charge in [0, 0.05) is 21.7 Å². The van der Waals surface area contributed by atoms with E-state index in [1.807, 2.05) is 24.3 Å². The van der Waals surface area contributed by atoms with Crippen molar-refractivity contribution in [1.29, 1.82) is 0 Å². The van der Waals surface area contributed by atoms with Crippen molar-refractivity contribution in [2.24, 2.45) is 0 Å². The van der Waals surface area contributed by atoms with E-state index in [-0.39, 0.29) is 5.69 Å². The Morgan fingerprint density at radius 3 is 2.77 bits per heavy atom. The fourth-order valence-electron chi connectivity index (χ4n) is 2.58. The van der Waals surface area contributed by atoms with Gasteiger partial charge in [0.1, 0.15) is 10.5 Å². The number of carboxylic acids is 1. The van der Waals surface area contributed by atoms with Crippen LogP contribution in [0.5, 0.6) is 0 Å². The predicted molar refractivity (Wildman–Crippen MR) is 88.4 cm³/mol. The molecule has 0 bridgehead atoms. The first-order valence-corrected chi connectivity index (χ1v) is 7.73. The van der Waals surface area contributed by atoms with Gasteiger partial charge < -0.3 is 5.11 Å². The van der Waals surface area contributed by atoms with Crippen LogP contribution in [-0.4, -0.2) is 20.6 Å². The number of aromatic carboxylic acids is 1. The molecule has 1 aromatic carbocycles. The minimum Gasteiger partial charge on any atom is -0.477 e. The lowest BCUT2D eigenvalue weighted by Crippen LogP contribution is -2.07. The molecule has 0 aliphatic rings. The molecule has 6 heteroatoms. The van der Waals surface area contributed by atoms with E-state index in [0.717, 1.165) is 20.3 Å². The van der Waals surface area contributed by atoms with E-state index in [1.165, 1.54) is 11.3 Å². The van der Waals surface area contributed by atoms with Gasteiger partial charge in [-0.1, -0.05) is 29.8 Å². The molecule has 108 valence electrons. The lowest BCUT2D eigenvalue weighted by molar-refractivity contribution is 0.0688. The highest BCUT2D eigenvalue weighted by Gasteiger charge is 2.21. The summed E-state index contributed by atoms with van der Waals surface area (Å²) in [6, 6.07) is 13.0. The van der Waals surface area contributed by atoms with Crippen LogP contribution in [0.15, 0.2) is 48.7 Å². The predicted octanol–water partition coefficient (Wildman–Crippen LogP) is 4.59. The smallest absolute Gasteiger partial charge is 0.352 e. The summed E-state index contributed by atoms with van der Waals surface area (Å²) in [5, 5.41) is 11.9. The van der Waals surface area contributed by atoms with Crippen molar-refractivity contribution in [3.8, 4) is 5.82 Å². The van der Waals surface area contributed by atoms with Crippen LogP contribution < -0.4 is 0 Å². The fourth-order valence-corrected chi connectivity index (χ4v) is 3.98. The lowest BCUT2D eigenvalue weighted by atomic mass is 10.2. The summed E-state index contributed by atoms with van der Waals surface area (Å²) in [6.45, 7) is 0. The van der Waals surface area contributed by atoms with E-state index in [2.05, 4.69) is 4.98 Å². The summed E-state index contributed by atoms with van der Waals surface area (Å²) >= 11 is 7.75. The van der Waals surface area contributed by atoms with Crippen molar-refractivity contribution in [3.63, 3.8) is 0 Å². The first-order valence-electron chi connectivity index (χ1n) is 6.54. The van der Waals surface area contributed by atoms with E-state index in [4.69, 9.17) is 11.6 Å². The Balaban J connectivity index is 2.17. The van der Waals surface area contributed by atoms with E-state index < -0.39 is 5.97 Å². The normalized spacial score (nSPS) is 11.3. The minimum absolute atomic E-state index is 0.160. The number of thiophene rings is 1. The second kappa shape index (κ2) is 4.83. The topological polar surface area (TPSA) is 55.1 Å². The molecule has 4 rings (SSSR count). The van der Waals surface area contributed by atoms with Crippen LogP contribution in [0.25, 0.3) is 26.1 Å². The third kappa shape index (κ3) is 1.83. The van der Waals surface area contributed by atoms with Gasteiger partial charge in [-0.3, -0.25) is 4.57 Å². The third-order valence-corrected chi connectivity index (χ3v) is 4.98. The molecule has 0 spiro atoms. The average Bonchev–Trinajstić information content (AvgIpc) is 3.04. The zero-order valence-corrected chi connectivity index (χ0v) is 12.7. The SMILES string of the molecule is O=C(O)c1cc2c3ccccc3sc2n1-c1ncccc1Cl. The molecule has 3 aromatic heterocycles. The lowest BCUT2D eigenvalue weighted by Gasteiger charge is -2.07. The van der Waals surface area contributed by atoms with Crippen LogP contribution in [0.2, 0.25) is 5.02 Å². The van der Waals surface area contributed by atoms with Crippen molar-refractivity contribution in [2.45, 2.75) is 0 Å². The van der Waals surface area contributed by atoms with Crippen LogP contribution in [0.1, 0.15) is 10.5 Å². The largest absolute Gasteiger partial charge is 0.477 e. The number of aromatic nitrogens is 2. The molecule has 1 N–H and O–H groups in total. The summed E-state index contributed by atoms with van der Waals surface area (Å²) in [7, 11) is 0. The maximum absolute atomic E-state index is 11.6. The second-order valence-electron chi connectivity index (χ2n) is 4.80. The van der Waals surface area contributed by atoms with Crippen molar-refractivity contribution in [1.82, 2.24) is 9.55 Å². The van der Waals surface area contributed by atoms with Crippen molar-refractivity contribution >= 4 is 49.2 Å². The molecular weight excluding hydrogens is 320 g/mol. The standard InChI is InChI=1S/C16H9ClN2O2S/c17-11-5-3-7-18-14(11)19-12(16(20)21)8-10-9-4-1-2-6-13(9)22-15(10)19/h1-8H,(H,20,21). The van der Waals surface area contributed by atoms with E-state index >= 15 is 0 Å². The number of benzene rings is 1. The molecule has 0 aliphatic carbocycles. The van der Waals surface area contributed by atoms with Crippen molar-refractivity contribution in [3.05, 3.63) is 59.4 Å². The highest BCUT2D eigenvalue weighted by molar-refractivity contribution is 7.25. The Morgan fingerprint density at radius 2 is 2.00 bits per heavy atom. The van der Waals surface area contributed by atoms with Crippen LogP contribution in [0.4, 0.5) is 0 Å². The quantitative estimate of drug-likeness (QED) is 0.585. The summed E-state index contributed by atoms with van der Waals surface area (Å²) in [4.78, 5) is 16.7. The summed E-state index contributed by atoms with van der Waals surface area (Å²) in [6.07, 6.45) is 1.60. The molecule has 22 heavy (non-hydrogen) atoms. The van der Waals surface area contributed by atoms with Crippen molar-refractivity contribution < 1.29 is 9.90 Å². The Labute approximate surface area is 134 Å². The van der Waals surface area contributed by atoms with Gasteiger partial charge in [0.25, 0.3) is 0 Å². The molecule has 0 saturated carbocycles. The molecule has 0 unspecified atom stereocenters. The first-order chi connectivity index (χ1) is 10.7. The number of hydrogen-bond acceptors (Lipinski definition) is 3. The minimum atomic E-state index is -1.01. The van der Waals surface area contributed by atoms with Crippen LogP contribution in [-0.2, 0) is 0 Å². The molecule has 0 radical (unpaired) electrons. The van der Waals surface area contributed by atoms with Crippen LogP contribution >= 0.6 is 22.9 Å². The molecule has 4 nitrogen and oxygen atoms in total. The maximum atomic E-state index is 11.6. The molecule has 0 aliphatic heterocycles. The molecule has 0 atom stereocenters. The van der Waals surface area contributed by atoms with Gasteiger partial charge in [-0.05, 0) is 24.3 Å². The fraction of sp³-hybridized carbons (Fsp3) is 0. The number of pyridine rings is 1. The molecular formula is C16H9ClN2O2S.